The molecule has 128 valence electrons. The summed E-state index contributed by atoms with van der Waals surface area (Å²) in [6.45, 7) is 2.72. The Labute approximate surface area is 141 Å². The number of hydrogen-bond donors (Lipinski definition) is 3. The van der Waals surface area contributed by atoms with E-state index >= 15 is 0 Å². The Bertz CT molecular complexity index is 750. The summed E-state index contributed by atoms with van der Waals surface area (Å²) < 4.78 is 0. The van der Waals surface area contributed by atoms with E-state index in [0.717, 1.165) is 12.8 Å². The molecule has 1 aliphatic carbocycles. The quantitative estimate of drug-likeness (QED) is 0.762. The Morgan fingerprint density at radius 2 is 2.04 bits per heavy atom. The molecule has 1 aromatic heterocycles. The second-order valence-electron chi connectivity index (χ2n) is 6.59. The smallest absolute Gasteiger partial charge is 0.306 e. The summed E-state index contributed by atoms with van der Waals surface area (Å²) in [4.78, 5) is 26.5. The van der Waals surface area contributed by atoms with Crippen molar-refractivity contribution in [2.45, 2.75) is 39.0 Å². The first kappa shape index (κ1) is 16.6. The van der Waals surface area contributed by atoms with E-state index in [-0.39, 0.29) is 17.7 Å². The minimum Gasteiger partial charge on any atom is -0.481 e. The van der Waals surface area contributed by atoms with Crippen molar-refractivity contribution in [2.75, 3.05) is 6.54 Å². The summed E-state index contributed by atoms with van der Waals surface area (Å²) in [5, 5.41) is 13.2. The molecule has 24 heavy (non-hydrogen) atoms. The molecule has 0 bridgehead atoms. The normalized spacial score (nSPS) is 20.4. The molecule has 1 aromatic carbocycles. The lowest BCUT2D eigenvalue weighted by atomic mass is 10.0. The van der Waals surface area contributed by atoms with Crippen LogP contribution < -0.4 is 5.32 Å². The Balaban J connectivity index is 1.55. The van der Waals surface area contributed by atoms with Crippen molar-refractivity contribution in [2.24, 2.45) is 11.8 Å². The number of carboxylic acid groups (broad SMARTS) is 1. The molecule has 0 spiro atoms. The number of H-pyrrole nitrogens is 1. The lowest BCUT2D eigenvalue weighted by Crippen LogP contribution is -2.31. The van der Waals surface area contributed by atoms with Crippen LogP contribution in [0.3, 0.4) is 0 Å². The van der Waals surface area contributed by atoms with Crippen LogP contribution in [-0.2, 0) is 22.4 Å². The number of aromatic amines is 1. The summed E-state index contributed by atoms with van der Waals surface area (Å²) in [6, 6.07) is 6.31. The Kier molecular flexibility index (Phi) is 4.88. The highest BCUT2D eigenvalue weighted by Gasteiger charge is 2.33. The van der Waals surface area contributed by atoms with E-state index < -0.39 is 5.97 Å². The number of amides is 1. The van der Waals surface area contributed by atoms with Crippen LogP contribution >= 0.6 is 0 Å². The number of aliphatic carboxylic acids is 1. The van der Waals surface area contributed by atoms with Gasteiger partial charge < -0.3 is 15.4 Å². The van der Waals surface area contributed by atoms with Gasteiger partial charge in [-0.2, -0.15) is 0 Å². The van der Waals surface area contributed by atoms with Crippen LogP contribution in [0.15, 0.2) is 24.4 Å². The Hall–Kier alpha value is -2.30. The number of carboxylic acids is 1. The van der Waals surface area contributed by atoms with Gasteiger partial charge in [0.1, 0.15) is 0 Å². The average Bonchev–Trinajstić information content (AvgIpc) is 3.22. The third kappa shape index (κ3) is 3.30. The summed E-state index contributed by atoms with van der Waals surface area (Å²) in [6.07, 6.45) is 5.53. The Morgan fingerprint density at radius 3 is 2.75 bits per heavy atom. The number of fused-ring (bicyclic) bond motifs is 1. The van der Waals surface area contributed by atoms with Gasteiger partial charge in [-0.1, -0.05) is 25.1 Å². The minimum absolute atomic E-state index is 0.00663. The van der Waals surface area contributed by atoms with Gasteiger partial charge in [0, 0.05) is 29.6 Å². The molecule has 1 heterocycles. The monoisotopic (exact) mass is 328 g/mol. The second-order valence-corrected chi connectivity index (χ2v) is 6.59. The zero-order valence-electron chi connectivity index (χ0n) is 14.0. The molecule has 1 fully saturated rings. The first-order valence-corrected chi connectivity index (χ1v) is 8.68. The number of hydrogen-bond acceptors (Lipinski definition) is 2. The maximum atomic E-state index is 12.2. The van der Waals surface area contributed by atoms with Gasteiger partial charge in [0.15, 0.2) is 0 Å². The third-order valence-corrected chi connectivity index (χ3v) is 5.11. The standard InChI is InChI=1S/C19H24N2O3/c1-2-12-4-3-5-16-15(11-21-17(12)16)8-9-20-18(22)13-6-7-14(10-13)19(23)24/h3-5,11,13-14,21H,2,6-10H2,1H3,(H,20,22)(H,23,24)/t13-,14+/m1/s1. The molecule has 1 saturated carbocycles. The van der Waals surface area contributed by atoms with Crippen molar-refractivity contribution in [1.82, 2.24) is 10.3 Å². The van der Waals surface area contributed by atoms with E-state index in [9.17, 15) is 9.59 Å². The number of carbonyl (C=O) groups excluding carboxylic acids is 1. The first-order chi connectivity index (χ1) is 11.6. The molecule has 0 radical (unpaired) electrons. The maximum absolute atomic E-state index is 12.2. The molecule has 0 unspecified atom stereocenters. The average molecular weight is 328 g/mol. The number of aryl methyl sites for hydroxylation is 1. The summed E-state index contributed by atoms with van der Waals surface area (Å²) >= 11 is 0. The van der Waals surface area contributed by atoms with Crippen LogP contribution in [0.2, 0.25) is 0 Å². The Morgan fingerprint density at radius 1 is 1.25 bits per heavy atom. The molecule has 1 amide bonds. The lowest BCUT2D eigenvalue weighted by molar-refractivity contribution is -0.141. The molecule has 3 N–H and O–H groups in total. The number of para-hydroxylation sites is 1. The van der Waals surface area contributed by atoms with Crippen LogP contribution in [0.1, 0.15) is 37.3 Å². The maximum Gasteiger partial charge on any atom is 0.306 e. The second kappa shape index (κ2) is 7.07. The molecule has 5 nitrogen and oxygen atoms in total. The SMILES string of the molecule is CCc1cccc2c(CCNC(=O)[C@@H]3CC[C@H](C(=O)O)C3)c[nH]c12. The van der Waals surface area contributed by atoms with Gasteiger partial charge >= 0.3 is 5.97 Å². The molecule has 0 saturated heterocycles. The molecule has 3 rings (SSSR count). The zero-order valence-corrected chi connectivity index (χ0v) is 14.0. The predicted molar refractivity (Wildman–Crippen MR) is 92.9 cm³/mol. The van der Waals surface area contributed by atoms with Crippen molar-refractivity contribution in [3.05, 3.63) is 35.5 Å². The van der Waals surface area contributed by atoms with Gasteiger partial charge in [0.2, 0.25) is 5.91 Å². The van der Waals surface area contributed by atoms with Gasteiger partial charge in [-0.25, -0.2) is 0 Å². The van der Waals surface area contributed by atoms with Crippen molar-refractivity contribution in [3.63, 3.8) is 0 Å². The third-order valence-electron chi connectivity index (χ3n) is 5.11. The number of rotatable bonds is 6. The fraction of sp³-hybridized carbons (Fsp3) is 0.474. The summed E-state index contributed by atoms with van der Waals surface area (Å²) in [5.74, 6) is -1.30. The van der Waals surface area contributed by atoms with Crippen LogP contribution in [0.5, 0.6) is 0 Å². The van der Waals surface area contributed by atoms with Crippen molar-refractivity contribution >= 4 is 22.8 Å². The van der Waals surface area contributed by atoms with Gasteiger partial charge in [-0.3, -0.25) is 9.59 Å². The van der Waals surface area contributed by atoms with Crippen molar-refractivity contribution in [3.8, 4) is 0 Å². The van der Waals surface area contributed by atoms with E-state index in [1.807, 2.05) is 6.20 Å². The van der Waals surface area contributed by atoms with Gasteiger partial charge in [-0.05, 0) is 43.2 Å². The topological polar surface area (TPSA) is 82.2 Å². The van der Waals surface area contributed by atoms with Crippen LogP contribution in [0.4, 0.5) is 0 Å². The number of aromatic nitrogens is 1. The van der Waals surface area contributed by atoms with E-state index in [0.29, 0.717) is 25.8 Å². The number of benzene rings is 1. The van der Waals surface area contributed by atoms with Crippen LogP contribution in [0, 0.1) is 11.8 Å². The van der Waals surface area contributed by atoms with E-state index in [2.05, 4.69) is 35.4 Å². The molecular weight excluding hydrogens is 304 g/mol. The van der Waals surface area contributed by atoms with Crippen molar-refractivity contribution < 1.29 is 14.7 Å². The first-order valence-electron chi connectivity index (χ1n) is 8.68. The summed E-state index contributed by atoms with van der Waals surface area (Å²) in [5.41, 5.74) is 3.69. The van der Waals surface area contributed by atoms with Gasteiger partial charge in [0.05, 0.1) is 5.92 Å². The molecule has 1 aliphatic rings. The fourth-order valence-electron chi connectivity index (χ4n) is 3.69. The van der Waals surface area contributed by atoms with Gasteiger partial charge in [0.25, 0.3) is 0 Å². The molecule has 0 aliphatic heterocycles. The number of nitrogens with one attached hydrogen (secondary N) is 2. The minimum atomic E-state index is -0.782. The van der Waals surface area contributed by atoms with E-state index in [1.165, 1.54) is 22.0 Å². The predicted octanol–water partition coefficient (Wildman–Crippen LogP) is 2.89. The molecule has 2 aromatic rings. The highest BCUT2D eigenvalue weighted by atomic mass is 16.4. The lowest BCUT2D eigenvalue weighted by Gasteiger charge is -2.10. The van der Waals surface area contributed by atoms with Gasteiger partial charge in [-0.15, -0.1) is 0 Å². The van der Waals surface area contributed by atoms with Crippen molar-refractivity contribution in [1.29, 1.82) is 0 Å². The number of carbonyl (C=O) groups is 2. The molecule has 5 heteroatoms. The molecule has 2 atom stereocenters. The highest BCUT2D eigenvalue weighted by Crippen LogP contribution is 2.31. The van der Waals surface area contributed by atoms with E-state index in [4.69, 9.17) is 5.11 Å². The fourth-order valence-corrected chi connectivity index (χ4v) is 3.69. The van der Waals surface area contributed by atoms with Crippen LogP contribution in [-0.4, -0.2) is 28.5 Å². The van der Waals surface area contributed by atoms with E-state index in [1.54, 1.807) is 0 Å². The summed E-state index contributed by atoms with van der Waals surface area (Å²) in [7, 11) is 0. The largest absolute Gasteiger partial charge is 0.481 e. The van der Waals surface area contributed by atoms with Crippen LogP contribution in [0.25, 0.3) is 10.9 Å². The zero-order chi connectivity index (χ0) is 17.1. The molecular formula is C19H24N2O3. The highest BCUT2D eigenvalue weighted by molar-refractivity contribution is 5.86.